The molecular weight excluding hydrogens is 458 g/mol. The summed E-state index contributed by atoms with van der Waals surface area (Å²) in [5.74, 6) is 1.81. The molecule has 1 saturated heterocycles. The van der Waals surface area contributed by atoms with Gasteiger partial charge < -0.3 is 14.6 Å². The molecule has 0 radical (unpaired) electrons. The summed E-state index contributed by atoms with van der Waals surface area (Å²) < 4.78 is 7.49. The SMILES string of the molecule is S=C1N[C@H](c2ccccn2)[C@H](c2ccc(-c3ccc(Br)cc3)o2)N1C1CCCCC1. The molecule has 0 amide bonds. The Morgan fingerprint density at radius 1 is 1.00 bits per heavy atom. The maximum atomic E-state index is 6.43. The summed E-state index contributed by atoms with van der Waals surface area (Å²) >= 11 is 9.33. The van der Waals surface area contributed by atoms with Gasteiger partial charge in [0, 0.05) is 22.3 Å². The second-order valence-corrected chi connectivity index (χ2v) is 9.34. The van der Waals surface area contributed by atoms with Crippen LogP contribution in [-0.4, -0.2) is 21.0 Å². The highest BCUT2D eigenvalue weighted by atomic mass is 79.9. The topological polar surface area (TPSA) is 41.3 Å². The first-order chi connectivity index (χ1) is 14.7. The number of nitrogens with zero attached hydrogens (tertiary/aromatic N) is 2. The number of nitrogens with one attached hydrogen (secondary N) is 1. The predicted molar refractivity (Wildman–Crippen MR) is 126 cm³/mol. The van der Waals surface area contributed by atoms with Crippen LogP contribution in [-0.2, 0) is 0 Å². The molecule has 4 nitrogen and oxygen atoms in total. The van der Waals surface area contributed by atoms with Gasteiger partial charge in [-0.05, 0) is 61.5 Å². The zero-order valence-corrected chi connectivity index (χ0v) is 19.0. The summed E-state index contributed by atoms with van der Waals surface area (Å²) in [5, 5.41) is 4.36. The summed E-state index contributed by atoms with van der Waals surface area (Å²) in [6.07, 6.45) is 8.02. The molecule has 3 heterocycles. The minimum Gasteiger partial charge on any atom is -0.459 e. The van der Waals surface area contributed by atoms with Gasteiger partial charge in [-0.3, -0.25) is 4.98 Å². The third kappa shape index (κ3) is 3.79. The molecule has 2 aliphatic rings. The largest absolute Gasteiger partial charge is 0.459 e. The molecule has 0 unspecified atom stereocenters. The second kappa shape index (κ2) is 8.52. The number of rotatable bonds is 4. The number of benzene rings is 1. The number of pyridine rings is 1. The van der Waals surface area contributed by atoms with Crippen molar-refractivity contribution in [1.29, 1.82) is 0 Å². The minimum absolute atomic E-state index is 0.000279. The maximum absolute atomic E-state index is 6.43. The number of halogens is 1. The molecule has 1 aliphatic carbocycles. The van der Waals surface area contributed by atoms with Gasteiger partial charge >= 0.3 is 0 Å². The van der Waals surface area contributed by atoms with Gasteiger partial charge in [0.2, 0.25) is 0 Å². The Morgan fingerprint density at radius 2 is 1.80 bits per heavy atom. The van der Waals surface area contributed by atoms with Crippen molar-refractivity contribution in [2.45, 2.75) is 50.2 Å². The smallest absolute Gasteiger partial charge is 0.170 e. The Kier molecular flexibility index (Phi) is 5.61. The predicted octanol–water partition coefficient (Wildman–Crippen LogP) is 6.41. The molecule has 1 aliphatic heterocycles. The fourth-order valence-electron chi connectivity index (χ4n) is 4.70. The van der Waals surface area contributed by atoms with E-state index >= 15 is 0 Å². The van der Waals surface area contributed by atoms with Gasteiger partial charge in [-0.25, -0.2) is 0 Å². The molecule has 1 N–H and O–H groups in total. The molecule has 6 heteroatoms. The highest BCUT2D eigenvalue weighted by molar-refractivity contribution is 9.10. The average molecular weight is 482 g/mol. The van der Waals surface area contributed by atoms with Crippen LogP contribution in [0.25, 0.3) is 11.3 Å². The summed E-state index contributed by atoms with van der Waals surface area (Å²) in [6.45, 7) is 0. The van der Waals surface area contributed by atoms with Crippen molar-refractivity contribution in [1.82, 2.24) is 15.2 Å². The number of hydrogen-bond donors (Lipinski definition) is 1. The van der Waals surface area contributed by atoms with E-state index in [2.05, 4.69) is 61.5 Å². The van der Waals surface area contributed by atoms with Crippen LogP contribution < -0.4 is 5.32 Å². The van der Waals surface area contributed by atoms with Gasteiger partial charge in [0.05, 0.1) is 11.7 Å². The summed E-state index contributed by atoms with van der Waals surface area (Å²) in [7, 11) is 0. The monoisotopic (exact) mass is 481 g/mol. The van der Waals surface area contributed by atoms with E-state index in [9.17, 15) is 0 Å². The fraction of sp³-hybridized carbons (Fsp3) is 0.333. The van der Waals surface area contributed by atoms with Crippen molar-refractivity contribution in [2.75, 3.05) is 0 Å². The van der Waals surface area contributed by atoms with E-state index in [1.807, 2.05) is 30.5 Å². The minimum atomic E-state index is -0.0236. The average Bonchev–Trinajstić information content (AvgIpc) is 3.40. The first-order valence-corrected chi connectivity index (χ1v) is 11.8. The van der Waals surface area contributed by atoms with Crippen molar-refractivity contribution in [2.24, 2.45) is 0 Å². The highest BCUT2D eigenvalue weighted by Gasteiger charge is 2.44. The lowest BCUT2D eigenvalue weighted by Crippen LogP contribution is -2.40. The molecule has 0 bridgehead atoms. The molecule has 1 saturated carbocycles. The molecule has 5 rings (SSSR count). The number of aromatic nitrogens is 1. The second-order valence-electron chi connectivity index (χ2n) is 8.03. The van der Waals surface area contributed by atoms with Crippen molar-refractivity contribution < 1.29 is 4.42 Å². The van der Waals surface area contributed by atoms with E-state index in [1.165, 1.54) is 32.1 Å². The third-order valence-corrected chi connectivity index (χ3v) is 7.01. The Balaban J connectivity index is 1.53. The molecule has 2 atom stereocenters. The van der Waals surface area contributed by atoms with E-state index in [-0.39, 0.29) is 12.1 Å². The third-order valence-electron chi connectivity index (χ3n) is 6.15. The molecule has 1 aromatic carbocycles. The standard InChI is InChI=1S/C24H24BrN3OS/c25-17-11-9-16(10-12-17)20-13-14-21(29-20)23-22(19-8-4-5-15-26-19)27-24(30)28(23)18-6-2-1-3-7-18/h4-5,8-15,18,22-23H,1-3,6-7H2,(H,27,30)/t22-,23+/m1/s1. The van der Waals surface area contributed by atoms with Crippen molar-refractivity contribution in [3.8, 4) is 11.3 Å². The van der Waals surface area contributed by atoms with Crippen LogP contribution in [0.2, 0.25) is 0 Å². The van der Waals surface area contributed by atoms with Crippen LogP contribution in [0.5, 0.6) is 0 Å². The van der Waals surface area contributed by atoms with Gasteiger partial charge in [-0.1, -0.05) is 53.4 Å². The van der Waals surface area contributed by atoms with Crippen LogP contribution in [0.3, 0.4) is 0 Å². The molecule has 2 aromatic heterocycles. The van der Waals surface area contributed by atoms with E-state index in [0.29, 0.717) is 6.04 Å². The fourth-order valence-corrected chi connectivity index (χ4v) is 5.36. The van der Waals surface area contributed by atoms with Gasteiger partial charge in [0.15, 0.2) is 5.11 Å². The first-order valence-electron chi connectivity index (χ1n) is 10.6. The Hall–Kier alpha value is -2.18. The normalized spacial score (nSPS) is 22.3. The van der Waals surface area contributed by atoms with Crippen LogP contribution in [0.1, 0.15) is 55.6 Å². The number of hydrogen-bond acceptors (Lipinski definition) is 3. The van der Waals surface area contributed by atoms with Crippen molar-refractivity contribution in [3.63, 3.8) is 0 Å². The Bertz CT molecular complexity index is 1010. The van der Waals surface area contributed by atoms with Gasteiger partial charge in [-0.2, -0.15) is 0 Å². The molecular formula is C24H24BrN3OS. The van der Waals surface area contributed by atoms with Crippen LogP contribution in [0.4, 0.5) is 0 Å². The van der Waals surface area contributed by atoms with E-state index < -0.39 is 0 Å². The Labute approximate surface area is 190 Å². The maximum Gasteiger partial charge on any atom is 0.170 e. The van der Waals surface area contributed by atoms with E-state index in [1.54, 1.807) is 0 Å². The van der Waals surface area contributed by atoms with Crippen LogP contribution in [0.15, 0.2) is 69.7 Å². The lowest BCUT2D eigenvalue weighted by Gasteiger charge is -2.36. The van der Waals surface area contributed by atoms with Crippen LogP contribution in [0, 0.1) is 0 Å². The lowest BCUT2D eigenvalue weighted by atomic mass is 9.92. The summed E-state index contributed by atoms with van der Waals surface area (Å²) in [5.41, 5.74) is 2.06. The molecule has 30 heavy (non-hydrogen) atoms. The molecule has 154 valence electrons. The zero-order valence-electron chi connectivity index (χ0n) is 16.6. The van der Waals surface area contributed by atoms with Gasteiger partial charge in [0.1, 0.15) is 17.6 Å². The quantitative estimate of drug-likeness (QED) is 0.436. The van der Waals surface area contributed by atoms with Crippen LogP contribution >= 0.6 is 28.1 Å². The number of thiocarbonyl (C=S) groups is 1. The van der Waals surface area contributed by atoms with E-state index in [0.717, 1.165) is 32.4 Å². The van der Waals surface area contributed by atoms with Crippen molar-refractivity contribution in [3.05, 3.63) is 76.7 Å². The highest BCUT2D eigenvalue weighted by Crippen LogP contribution is 2.43. The summed E-state index contributed by atoms with van der Waals surface area (Å²) in [6, 6.07) is 18.8. The van der Waals surface area contributed by atoms with Gasteiger partial charge in [0.25, 0.3) is 0 Å². The molecule has 2 fully saturated rings. The van der Waals surface area contributed by atoms with Crippen molar-refractivity contribution >= 4 is 33.3 Å². The zero-order chi connectivity index (χ0) is 20.5. The van der Waals surface area contributed by atoms with Gasteiger partial charge in [-0.15, -0.1) is 0 Å². The molecule has 3 aromatic rings. The van der Waals surface area contributed by atoms with E-state index in [4.69, 9.17) is 16.6 Å². The number of furan rings is 1. The Morgan fingerprint density at radius 3 is 2.53 bits per heavy atom. The lowest BCUT2D eigenvalue weighted by molar-refractivity contribution is 0.179. The first kappa shape index (κ1) is 19.8. The molecule has 0 spiro atoms. The summed E-state index contributed by atoms with van der Waals surface area (Å²) in [4.78, 5) is 7.02.